The molecule has 1 saturated heterocycles. The zero-order chi connectivity index (χ0) is 30.4. The summed E-state index contributed by atoms with van der Waals surface area (Å²) in [6.45, 7) is 4.18. The highest BCUT2D eigenvalue weighted by atomic mass is 32.2. The molecule has 228 valence electrons. The number of carbonyl (C=O) groups excluding carboxylic acids is 1. The maximum atomic E-state index is 14.0. The number of nitrogen functional groups attached to an aromatic ring is 1. The van der Waals surface area contributed by atoms with Crippen molar-refractivity contribution in [2.24, 2.45) is 11.3 Å². The van der Waals surface area contributed by atoms with Crippen LogP contribution in [0.2, 0.25) is 0 Å². The number of thioether (sulfide) groups is 1. The van der Waals surface area contributed by atoms with Crippen LogP contribution in [0.1, 0.15) is 32.6 Å². The number of nitrogens with zero attached hydrogens (tertiary/aromatic N) is 3. The van der Waals surface area contributed by atoms with E-state index in [0.717, 1.165) is 21.9 Å². The van der Waals surface area contributed by atoms with E-state index in [-0.39, 0.29) is 36.4 Å². The van der Waals surface area contributed by atoms with Gasteiger partial charge >= 0.3 is 13.4 Å². The Kier molecular flexibility index (Phi) is 11.7. The summed E-state index contributed by atoms with van der Waals surface area (Å²) in [5, 5.41) is 30.7. The third-order valence-corrected chi connectivity index (χ3v) is 9.90. The number of anilines is 1. The van der Waals surface area contributed by atoms with Crippen molar-refractivity contribution in [1.29, 1.82) is 0 Å². The summed E-state index contributed by atoms with van der Waals surface area (Å²) in [6.07, 6.45) is -3.53. The highest BCUT2D eigenvalue weighted by Crippen LogP contribution is 2.52. The van der Waals surface area contributed by atoms with Gasteiger partial charge in [-0.1, -0.05) is 49.0 Å². The van der Waals surface area contributed by atoms with E-state index in [2.05, 4.69) is 4.98 Å². The number of benzene rings is 1. The van der Waals surface area contributed by atoms with E-state index in [1.807, 2.05) is 30.3 Å². The van der Waals surface area contributed by atoms with Gasteiger partial charge in [0.25, 0.3) is 0 Å². The molecule has 0 spiro atoms. The third kappa shape index (κ3) is 8.46. The van der Waals surface area contributed by atoms with Gasteiger partial charge in [-0.25, -0.2) is 14.0 Å². The average Bonchev–Trinajstić information content (AvgIpc) is 2.94. The monoisotopic (exact) mass is 614 g/mol. The first kappa shape index (κ1) is 33.4. The minimum absolute atomic E-state index is 0.0227. The van der Waals surface area contributed by atoms with E-state index < -0.39 is 55.9 Å². The van der Waals surface area contributed by atoms with E-state index in [0.29, 0.717) is 0 Å². The Balaban J connectivity index is 1.75. The van der Waals surface area contributed by atoms with Crippen LogP contribution in [-0.4, -0.2) is 85.6 Å². The van der Waals surface area contributed by atoms with Crippen molar-refractivity contribution in [2.75, 3.05) is 38.4 Å². The Morgan fingerprint density at radius 2 is 1.90 bits per heavy atom. The lowest BCUT2D eigenvalue weighted by Crippen LogP contribution is -2.54. The molecule has 1 aliphatic rings. The molecule has 5 N–H and O–H groups in total. The van der Waals surface area contributed by atoms with Gasteiger partial charge in [-0.2, -0.15) is 4.98 Å². The number of aromatic nitrogens is 2. The molecule has 0 saturated carbocycles. The van der Waals surface area contributed by atoms with Gasteiger partial charge in [-0.3, -0.25) is 18.4 Å². The minimum atomic E-state index is -4.03. The van der Waals surface area contributed by atoms with Gasteiger partial charge in [0.15, 0.2) is 5.12 Å². The first-order valence-electron chi connectivity index (χ1n) is 13.1. The number of rotatable bonds is 13. The molecule has 0 aliphatic carbocycles. The molecular weight excluding hydrogens is 575 g/mol. The highest BCUT2D eigenvalue weighted by Gasteiger charge is 2.45. The predicted octanol–water partition coefficient (Wildman–Crippen LogP) is 1.63. The molecule has 2 aromatic rings. The molecule has 1 aliphatic heterocycles. The van der Waals surface area contributed by atoms with E-state index >= 15 is 0 Å². The Morgan fingerprint density at radius 3 is 2.54 bits per heavy atom. The molecule has 2 heterocycles. The molecule has 0 amide bonds. The second kappa shape index (κ2) is 14.4. The smallest absolute Gasteiger partial charge is 0.395 e. The van der Waals surface area contributed by atoms with Crippen molar-refractivity contribution in [1.82, 2.24) is 14.2 Å². The maximum Gasteiger partial charge on any atom is 0.408 e. The van der Waals surface area contributed by atoms with E-state index in [4.69, 9.17) is 19.5 Å². The Hall–Kier alpha value is -2.13. The Bertz CT molecular complexity index is 1270. The molecule has 41 heavy (non-hydrogen) atoms. The molecule has 0 bridgehead atoms. The van der Waals surface area contributed by atoms with Gasteiger partial charge in [0, 0.05) is 24.4 Å². The SMILES string of the molecule is CC1[C@@H](O)[C@@H](O)[C@@H](COP(=O)(OCCSC(=O)C(C)(C)CO)N(C)Cc2ccccc2)O[C@H]1n1ccc(N)nc1=O. The number of hydrogen-bond acceptors (Lipinski definition) is 12. The van der Waals surface area contributed by atoms with Crippen molar-refractivity contribution < 1.29 is 38.5 Å². The van der Waals surface area contributed by atoms with Crippen LogP contribution in [0.5, 0.6) is 0 Å². The van der Waals surface area contributed by atoms with Gasteiger partial charge in [-0.05, 0) is 32.5 Å². The summed E-state index contributed by atoms with van der Waals surface area (Å²) in [6, 6.07) is 10.6. The van der Waals surface area contributed by atoms with E-state index in [1.54, 1.807) is 27.8 Å². The van der Waals surface area contributed by atoms with Crippen LogP contribution in [0.3, 0.4) is 0 Å². The van der Waals surface area contributed by atoms with Crippen LogP contribution in [0.15, 0.2) is 47.4 Å². The van der Waals surface area contributed by atoms with E-state index in [9.17, 15) is 29.5 Å². The quantitative estimate of drug-likeness (QED) is 0.189. The summed E-state index contributed by atoms with van der Waals surface area (Å²) < 4.78 is 34.1. The molecular formula is C26H39N4O9PS. The number of aliphatic hydroxyl groups excluding tert-OH is 3. The maximum absolute atomic E-state index is 14.0. The number of aliphatic hydroxyl groups is 3. The van der Waals surface area contributed by atoms with Gasteiger partial charge in [-0.15, -0.1) is 0 Å². The van der Waals surface area contributed by atoms with Gasteiger partial charge in [0.05, 0.1) is 31.3 Å². The lowest BCUT2D eigenvalue weighted by molar-refractivity contribution is -0.227. The molecule has 15 heteroatoms. The van der Waals surface area contributed by atoms with Crippen LogP contribution in [0.25, 0.3) is 0 Å². The van der Waals surface area contributed by atoms with Crippen molar-refractivity contribution in [3.8, 4) is 0 Å². The fourth-order valence-electron chi connectivity index (χ4n) is 4.04. The largest absolute Gasteiger partial charge is 0.408 e. The summed E-state index contributed by atoms with van der Waals surface area (Å²) in [7, 11) is -2.48. The first-order chi connectivity index (χ1) is 19.3. The molecule has 1 aromatic carbocycles. The van der Waals surface area contributed by atoms with Crippen molar-refractivity contribution in [2.45, 2.75) is 51.9 Å². The second-order valence-corrected chi connectivity index (χ2v) is 13.7. The summed E-state index contributed by atoms with van der Waals surface area (Å²) in [5.41, 5.74) is 4.80. The molecule has 2 unspecified atom stereocenters. The average molecular weight is 615 g/mol. The number of carbonyl (C=O) groups is 1. The lowest BCUT2D eigenvalue weighted by Gasteiger charge is -2.42. The van der Waals surface area contributed by atoms with Crippen molar-refractivity contribution in [3.63, 3.8) is 0 Å². The van der Waals surface area contributed by atoms with Crippen molar-refractivity contribution >= 4 is 30.4 Å². The summed E-state index contributed by atoms with van der Waals surface area (Å²) >= 11 is 0.948. The van der Waals surface area contributed by atoms with Gasteiger partial charge in [0.1, 0.15) is 24.3 Å². The molecule has 1 fully saturated rings. The summed E-state index contributed by atoms with van der Waals surface area (Å²) in [5.74, 6) is -0.525. The third-order valence-electron chi connectivity index (χ3n) is 6.75. The lowest BCUT2D eigenvalue weighted by atomic mass is 9.91. The van der Waals surface area contributed by atoms with Crippen LogP contribution in [-0.2, 0) is 29.7 Å². The first-order valence-corrected chi connectivity index (χ1v) is 15.6. The normalized spacial score (nSPS) is 24.7. The van der Waals surface area contributed by atoms with E-state index in [1.165, 1.54) is 16.9 Å². The number of nitrogens with two attached hydrogens (primary N) is 1. The van der Waals surface area contributed by atoms with Crippen LogP contribution in [0.4, 0.5) is 5.82 Å². The zero-order valence-corrected chi connectivity index (χ0v) is 25.2. The predicted molar refractivity (Wildman–Crippen MR) is 154 cm³/mol. The molecule has 6 atom stereocenters. The fraction of sp³-hybridized carbons (Fsp3) is 0.577. The molecule has 1 aromatic heterocycles. The zero-order valence-electron chi connectivity index (χ0n) is 23.5. The van der Waals surface area contributed by atoms with Crippen molar-refractivity contribution in [3.05, 3.63) is 58.6 Å². The topological polar surface area (TPSA) is 187 Å². The van der Waals surface area contributed by atoms with Crippen LogP contribution >= 0.6 is 19.5 Å². The molecule has 3 rings (SSSR count). The highest BCUT2D eigenvalue weighted by molar-refractivity contribution is 8.13. The molecule has 0 radical (unpaired) electrons. The van der Waals surface area contributed by atoms with Gasteiger partial charge in [0.2, 0.25) is 0 Å². The fourth-order valence-corrected chi connectivity index (χ4v) is 6.44. The van der Waals surface area contributed by atoms with Crippen LogP contribution < -0.4 is 11.4 Å². The molecule has 13 nitrogen and oxygen atoms in total. The number of hydrogen-bond donors (Lipinski definition) is 4. The van der Waals surface area contributed by atoms with Gasteiger partial charge < -0.3 is 25.8 Å². The Labute approximate surface area is 243 Å². The van der Waals surface area contributed by atoms with Crippen LogP contribution in [0, 0.1) is 11.3 Å². The number of ether oxygens (including phenoxy) is 1. The second-order valence-electron chi connectivity index (χ2n) is 10.5. The standard InChI is InChI=1S/C26H39N4O9PS/c1-17-21(32)22(33)19(39-23(17)30-11-10-20(27)28-25(30)35)15-38-40(36,29(4)14-18-8-6-5-7-9-18)37-12-13-41-24(34)26(2,3)16-31/h5-11,17,19,21-23,31-33H,12-16H2,1-4H3,(H2,27,28,35)/t17?,19-,21-,22+,23-,40?/m1/s1. The minimum Gasteiger partial charge on any atom is -0.395 e. The Morgan fingerprint density at radius 1 is 1.22 bits per heavy atom. The summed E-state index contributed by atoms with van der Waals surface area (Å²) in [4.78, 5) is 28.5.